The van der Waals surface area contributed by atoms with Crippen LogP contribution in [0.4, 0.5) is 4.39 Å². The van der Waals surface area contributed by atoms with Gasteiger partial charge in [0.05, 0.1) is 12.2 Å². The standard InChI is InChI=1S/C20H24FN3O3/c1-15(25)23-13-16-12-17(6-8-22-16)27-18-7-9-24(14-18)10-11-26-20-5-3-2-4-19(20)21/h2-6,8,12,18H,7,9-11,13-14H2,1H3,(H,23,25). The van der Waals surface area contributed by atoms with Crippen LogP contribution in [0.2, 0.25) is 0 Å². The van der Waals surface area contributed by atoms with Gasteiger partial charge in [-0.15, -0.1) is 0 Å². The van der Waals surface area contributed by atoms with Gasteiger partial charge in [-0.3, -0.25) is 14.7 Å². The third-order valence-corrected chi connectivity index (χ3v) is 4.34. The van der Waals surface area contributed by atoms with Gasteiger partial charge in [-0.25, -0.2) is 4.39 Å². The highest BCUT2D eigenvalue weighted by Gasteiger charge is 2.24. The number of para-hydroxylation sites is 1. The average molecular weight is 373 g/mol. The molecule has 0 aliphatic carbocycles. The van der Waals surface area contributed by atoms with Crippen molar-refractivity contribution in [3.05, 3.63) is 54.1 Å². The van der Waals surface area contributed by atoms with Gasteiger partial charge >= 0.3 is 0 Å². The van der Waals surface area contributed by atoms with Crippen LogP contribution in [-0.4, -0.2) is 48.1 Å². The zero-order valence-corrected chi connectivity index (χ0v) is 15.4. The fraction of sp³-hybridized carbons (Fsp3) is 0.400. The van der Waals surface area contributed by atoms with Crippen molar-refractivity contribution in [3.8, 4) is 11.5 Å². The van der Waals surface area contributed by atoms with Crippen LogP contribution in [0.5, 0.6) is 11.5 Å². The van der Waals surface area contributed by atoms with E-state index in [0.29, 0.717) is 13.2 Å². The van der Waals surface area contributed by atoms with Crippen molar-refractivity contribution in [1.29, 1.82) is 0 Å². The van der Waals surface area contributed by atoms with Gasteiger partial charge in [0.2, 0.25) is 5.91 Å². The Morgan fingerprint density at radius 1 is 1.37 bits per heavy atom. The molecular formula is C20H24FN3O3. The molecule has 1 amide bonds. The molecule has 1 unspecified atom stereocenters. The summed E-state index contributed by atoms with van der Waals surface area (Å²) in [5, 5.41) is 2.72. The molecule has 6 nitrogen and oxygen atoms in total. The van der Waals surface area contributed by atoms with E-state index < -0.39 is 0 Å². The van der Waals surface area contributed by atoms with E-state index >= 15 is 0 Å². The quantitative estimate of drug-likeness (QED) is 0.770. The lowest BCUT2D eigenvalue weighted by atomic mass is 10.3. The van der Waals surface area contributed by atoms with Crippen LogP contribution >= 0.6 is 0 Å². The molecule has 2 aromatic rings. The van der Waals surface area contributed by atoms with E-state index in [9.17, 15) is 9.18 Å². The minimum Gasteiger partial charge on any atom is -0.489 e. The lowest BCUT2D eigenvalue weighted by Gasteiger charge is -2.17. The van der Waals surface area contributed by atoms with Crippen molar-refractivity contribution in [2.24, 2.45) is 0 Å². The van der Waals surface area contributed by atoms with Crippen LogP contribution in [0.1, 0.15) is 19.0 Å². The van der Waals surface area contributed by atoms with Crippen LogP contribution in [0.15, 0.2) is 42.6 Å². The van der Waals surface area contributed by atoms with Gasteiger partial charge in [0.1, 0.15) is 18.5 Å². The Morgan fingerprint density at radius 2 is 2.22 bits per heavy atom. The predicted octanol–water partition coefficient (Wildman–Crippen LogP) is 2.39. The molecule has 1 N–H and O–H groups in total. The van der Waals surface area contributed by atoms with E-state index in [1.54, 1.807) is 24.4 Å². The second-order valence-corrected chi connectivity index (χ2v) is 6.50. The highest BCUT2D eigenvalue weighted by Crippen LogP contribution is 2.19. The number of carbonyl (C=O) groups is 1. The van der Waals surface area contributed by atoms with E-state index in [2.05, 4.69) is 15.2 Å². The third kappa shape index (κ3) is 5.92. The molecule has 3 rings (SSSR count). The van der Waals surface area contributed by atoms with Crippen molar-refractivity contribution < 1.29 is 18.7 Å². The summed E-state index contributed by atoms with van der Waals surface area (Å²) >= 11 is 0. The average Bonchev–Trinajstić information content (AvgIpc) is 3.09. The number of ether oxygens (including phenoxy) is 2. The summed E-state index contributed by atoms with van der Waals surface area (Å²) in [4.78, 5) is 17.5. The number of halogens is 1. The first-order chi connectivity index (χ1) is 13.1. The van der Waals surface area contributed by atoms with Crippen molar-refractivity contribution >= 4 is 5.91 Å². The highest BCUT2D eigenvalue weighted by atomic mass is 19.1. The van der Waals surface area contributed by atoms with Crippen molar-refractivity contribution in [2.45, 2.75) is 26.0 Å². The van der Waals surface area contributed by atoms with E-state index in [1.807, 2.05) is 12.1 Å². The molecule has 0 radical (unpaired) electrons. The van der Waals surface area contributed by atoms with Crippen molar-refractivity contribution in [1.82, 2.24) is 15.2 Å². The molecule has 1 fully saturated rings. The molecule has 0 saturated carbocycles. The number of aromatic nitrogens is 1. The Bertz CT molecular complexity index is 772. The number of carbonyl (C=O) groups excluding carboxylic acids is 1. The zero-order valence-electron chi connectivity index (χ0n) is 15.4. The van der Waals surface area contributed by atoms with Gasteiger partial charge in [-0.05, 0) is 24.6 Å². The minimum atomic E-state index is -0.340. The van der Waals surface area contributed by atoms with Gasteiger partial charge in [0.25, 0.3) is 0 Å². The van der Waals surface area contributed by atoms with Gasteiger partial charge in [-0.2, -0.15) is 0 Å². The smallest absolute Gasteiger partial charge is 0.217 e. The molecule has 1 atom stereocenters. The monoisotopic (exact) mass is 373 g/mol. The summed E-state index contributed by atoms with van der Waals surface area (Å²) in [7, 11) is 0. The number of likely N-dealkylation sites (tertiary alicyclic amines) is 1. The topological polar surface area (TPSA) is 63.7 Å². The maximum atomic E-state index is 13.5. The number of amides is 1. The molecule has 1 aromatic heterocycles. The maximum absolute atomic E-state index is 13.5. The van der Waals surface area contributed by atoms with Crippen LogP contribution in [-0.2, 0) is 11.3 Å². The SMILES string of the molecule is CC(=O)NCc1cc(OC2CCN(CCOc3ccccc3F)C2)ccn1. The molecule has 144 valence electrons. The normalized spacial score (nSPS) is 16.9. The largest absolute Gasteiger partial charge is 0.489 e. The van der Waals surface area contributed by atoms with Crippen LogP contribution in [0.25, 0.3) is 0 Å². The molecule has 0 spiro atoms. The van der Waals surface area contributed by atoms with E-state index in [4.69, 9.17) is 9.47 Å². The molecule has 7 heteroatoms. The van der Waals surface area contributed by atoms with Gasteiger partial charge in [-0.1, -0.05) is 12.1 Å². The summed E-state index contributed by atoms with van der Waals surface area (Å²) in [6.45, 7) is 4.72. The minimum absolute atomic E-state index is 0.0906. The first-order valence-electron chi connectivity index (χ1n) is 9.06. The maximum Gasteiger partial charge on any atom is 0.217 e. The Labute approximate surface area is 158 Å². The number of hydrogen-bond donors (Lipinski definition) is 1. The Hall–Kier alpha value is -2.67. The summed E-state index contributed by atoms with van der Waals surface area (Å²) in [5.74, 6) is 0.604. The molecule has 1 aromatic carbocycles. The summed E-state index contributed by atoms with van der Waals surface area (Å²) in [5.41, 5.74) is 0.760. The number of nitrogens with zero attached hydrogens (tertiary/aromatic N) is 2. The molecular weight excluding hydrogens is 349 g/mol. The number of rotatable bonds is 8. The second kappa shape index (κ2) is 9.32. The third-order valence-electron chi connectivity index (χ3n) is 4.34. The molecule has 2 heterocycles. The van der Waals surface area contributed by atoms with E-state index in [-0.39, 0.29) is 23.6 Å². The molecule has 1 saturated heterocycles. The van der Waals surface area contributed by atoms with Crippen molar-refractivity contribution in [2.75, 3.05) is 26.2 Å². The Balaban J connectivity index is 1.42. The summed E-state index contributed by atoms with van der Waals surface area (Å²) < 4.78 is 25.1. The zero-order chi connectivity index (χ0) is 19.1. The fourth-order valence-corrected chi connectivity index (χ4v) is 2.98. The Kier molecular flexibility index (Phi) is 6.59. The molecule has 1 aliphatic heterocycles. The second-order valence-electron chi connectivity index (χ2n) is 6.50. The first-order valence-corrected chi connectivity index (χ1v) is 9.06. The van der Waals surface area contributed by atoms with E-state index in [1.165, 1.54) is 13.0 Å². The Morgan fingerprint density at radius 3 is 3.04 bits per heavy atom. The lowest BCUT2D eigenvalue weighted by molar-refractivity contribution is -0.119. The van der Waals surface area contributed by atoms with Gasteiger partial charge < -0.3 is 14.8 Å². The van der Waals surface area contributed by atoms with Gasteiger partial charge in [0.15, 0.2) is 11.6 Å². The molecule has 0 bridgehead atoms. The fourth-order valence-electron chi connectivity index (χ4n) is 2.98. The number of benzene rings is 1. The van der Waals surface area contributed by atoms with Crippen molar-refractivity contribution in [3.63, 3.8) is 0 Å². The molecule has 1 aliphatic rings. The van der Waals surface area contributed by atoms with E-state index in [0.717, 1.165) is 37.5 Å². The molecule has 27 heavy (non-hydrogen) atoms. The summed E-state index contributed by atoms with van der Waals surface area (Å²) in [6, 6.07) is 10.1. The van der Waals surface area contributed by atoms with Crippen LogP contribution in [0.3, 0.4) is 0 Å². The highest BCUT2D eigenvalue weighted by molar-refractivity contribution is 5.72. The number of pyridine rings is 1. The number of hydrogen-bond acceptors (Lipinski definition) is 5. The van der Waals surface area contributed by atoms with Crippen LogP contribution in [0, 0.1) is 5.82 Å². The first kappa shape index (κ1) is 19.1. The predicted molar refractivity (Wildman–Crippen MR) is 99.1 cm³/mol. The van der Waals surface area contributed by atoms with Gasteiger partial charge in [0, 0.05) is 38.8 Å². The number of nitrogens with one attached hydrogen (secondary N) is 1. The lowest BCUT2D eigenvalue weighted by Crippen LogP contribution is -2.29. The van der Waals surface area contributed by atoms with Crippen LogP contribution < -0.4 is 14.8 Å². The summed E-state index contributed by atoms with van der Waals surface area (Å²) in [6.07, 6.45) is 2.69.